The Hall–Kier alpha value is -1.36. The van der Waals surface area contributed by atoms with Gasteiger partial charge in [0.1, 0.15) is 0 Å². The number of carbonyl (C=O) groups excluding carboxylic acids is 1. The van der Waals surface area contributed by atoms with E-state index in [4.69, 9.17) is 11.6 Å². The molecule has 2 rings (SSSR count). The molecule has 1 aromatic rings. The number of nitrogens with one attached hydrogen (secondary N) is 1. The SMILES string of the molecule is CN(C)CC=CC(=O)NCC1CCN(Cc2ccccc2Cl)CC1. The van der Waals surface area contributed by atoms with Crippen LogP contribution in [0.3, 0.4) is 0 Å². The smallest absolute Gasteiger partial charge is 0.243 e. The molecule has 1 N–H and O–H groups in total. The van der Waals surface area contributed by atoms with Gasteiger partial charge in [-0.25, -0.2) is 0 Å². The van der Waals surface area contributed by atoms with Crippen LogP contribution in [0.2, 0.25) is 5.02 Å². The second-order valence-electron chi connectivity index (χ2n) is 6.72. The maximum atomic E-state index is 11.8. The normalized spacial score (nSPS) is 16.8. The summed E-state index contributed by atoms with van der Waals surface area (Å²) in [6.07, 6.45) is 5.76. The first-order chi connectivity index (χ1) is 11.5. The molecule has 0 saturated carbocycles. The number of nitrogens with zero attached hydrogens (tertiary/aromatic N) is 2. The summed E-state index contributed by atoms with van der Waals surface area (Å²) in [4.78, 5) is 16.2. The lowest BCUT2D eigenvalue weighted by molar-refractivity contribution is -0.116. The van der Waals surface area contributed by atoms with Gasteiger partial charge in [0.15, 0.2) is 0 Å². The number of likely N-dealkylation sites (tertiary alicyclic amines) is 1. The first-order valence-electron chi connectivity index (χ1n) is 8.59. The second-order valence-corrected chi connectivity index (χ2v) is 7.13. The van der Waals surface area contributed by atoms with E-state index in [1.165, 1.54) is 5.56 Å². The van der Waals surface area contributed by atoms with Crippen LogP contribution in [0, 0.1) is 5.92 Å². The number of amides is 1. The molecule has 1 aromatic carbocycles. The Bertz CT molecular complexity index is 551. The first kappa shape index (κ1) is 19.0. The lowest BCUT2D eigenvalue weighted by Crippen LogP contribution is -2.38. The monoisotopic (exact) mass is 349 g/mol. The van der Waals surface area contributed by atoms with E-state index in [0.717, 1.165) is 50.6 Å². The minimum atomic E-state index is 0.00958. The Balaban J connectivity index is 1.67. The Morgan fingerprint density at radius 1 is 1.33 bits per heavy atom. The number of benzene rings is 1. The van der Waals surface area contributed by atoms with Crippen molar-refractivity contribution in [1.82, 2.24) is 15.1 Å². The predicted octanol–water partition coefficient (Wildman–Crippen LogP) is 2.79. The van der Waals surface area contributed by atoms with Crippen molar-refractivity contribution in [3.63, 3.8) is 0 Å². The predicted molar refractivity (Wildman–Crippen MR) is 100 cm³/mol. The standard InChI is InChI=1S/C19H28ClN3O/c1-22(2)11-5-8-19(24)21-14-16-9-12-23(13-10-16)15-17-6-3-4-7-18(17)20/h3-8,16H,9-15H2,1-2H3,(H,21,24). The molecule has 1 saturated heterocycles. The van der Waals surface area contributed by atoms with E-state index < -0.39 is 0 Å². The van der Waals surface area contributed by atoms with Crippen molar-refractivity contribution in [3.8, 4) is 0 Å². The lowest BCUT2D eigenvalue weighted by Gasteiger charge is -2.32. The lowest BCUT2D eigenvalue weighted by atomic mass is 9.96. The fourth-order valence-corrected chi connectivity index (χ4v) is 3.09. The van der Waals surface area contributed by atoms with Crippen molar-refractivity contribution >= 4 is 17.5 Å². The van der Waals surface area contributed by atoms with E-state index >= 15 is 0 Å². The van der Waals surface area contributed by atoms with Gasteiger partial charge in [-0.05, 0) is 57.6 Å². The molecular formula is C19H28ClN3O. The van der Waals surface area contributed by atoms with Gasteiger partial charge < -0.3 is 10.2 Å². The van der Waals surface area contributed by atoms with E-state index in [1.54, 1.807) is 6.08 Å². The molecule has 0 aliphatic carbocycles. The van der Waals surface area contributed by atoms with Crippen molar-refractivity contribution in [2.45, 2.75) is 19.4 Å². The van der Waals surface area contributed by atoms with Crippen molar-refractivity contribution in [3.05, 3.63) is 47.0 Å². The number of halogens is 1. The van der Waals surface area contributed by atoms with Crippen LogP contribution in [-0.4, -0.2) is 56.0 Å². The van der Waals surface area contributed by atoms with E-state index in [9.17, 15) is 4.79 Å². The summed E-state index contributed by atoms with van der Waals surface area (Å²) < 4.78 is 0. The molecule has 1 amide bonds. The summed E-state index contributed by atoms with van der Waals surface area (Å²) in [6, 6.07) is 8.04. The van der Waals surface area contributed by atoms with Gasteiger partial charge in [0, 0.05) is 30.7 Å². The van der Waals surface area contributed by atoms with Crippen molar-refractivity contribution in [2.24, 2.45) is 5.92 Å². The largest absolute Gasteiger partial charge is 0.352 e. The van der Waals surface area contributed by atoms with Crippen LogP contribution < -0.4 is 5.32 Å². The molecular weight excluding hydrogens is 322 g/mol. The number of rotatable bonds is 7. The van der Waals surface area contributed by atoms with Gasteiger partial charge in [-0.2, -0.15) is 0 Å². The summed E-state index contributed by atoms with van der Waals surface area (Å²) in [5.74, 6) is 0.578. The van der Waals surface area contributed by atoms with Crippen LogP contribution in [0.5, 0.6) is 0 Å². The highest BCUT2D eigenvalue weighted by molar-refractivity contribution is 6.31. The van der Waals surface area contributed by atoms with E-state index in [1.807, 2.05) is 43.3 Å². The zero-order chi connectivity index (χ0) is 17.4. The summed E-state index contributed by atoms with van der Waals surface area (Å²) in [6.45, 7) is 4.58. The van der Waals surface area contributed by atoms with Crippen molar-refractivity contribution in [2.75, 3.05) is 40.3 Å². The minimum absolute atomic E-state index is 0.00958. The molecule has 1 aliphatic rings. The van der Waals surface area contributed by atoms with Crippen LogP contribution in [0.1, 0.15) is 18.4 Å². The summed E-state index contributed by atoms with van der Waals surface area (Å²) in [5.41, 5.74) is 1.19. The molecule has 0 unspecified atom stereocenters. The van der Waals surface area contributed by atoms with Crippen LogP contribution in [0.25, 0.3) is 0 Å². The summed E-state index contributed by atoms with van der Waals surface area (Å²) >= 11 is 6.23. The molecule has 5 heteroatoms. The number of likely N-dealkylation sites (N-methyl/N-ethyl adjacent to an activating group) is 1. The summed E-state index contributed by atoms with van der Waals surface area (Å²) in [7, 11) is 3.97. The number of piperidine rings is 1. The fourth-order valence-electron chi connectivity index (χ4n) is 2.89. The van der Waals surface area contributed by atoms with Crippen LogP contribution in [0.15, 0.2) is 36.4 Å². The van der Waals surface area contributed by atoms with E-state index in [-0.39, 0.29) is 5.91 Å². The first-order valence-corrected chi connectivity index (χ1v) is 8.97. The third-order valence-electron chi connectivity index (χ3n) is 4.36. The highest BCUT2D eigenvalue weighted by Gasteiger charge is 2.19. The van der Waals surface area contributed by atoms with Gasteiger partial charge in [0.05, 0.1) is 0 Å². The van der Waals surface area contributed by atoms with Gasteiger partial charge in [-0.15, -0.1) is 0 Å². The molecule has 24 heavy (non-hydrogen) atoms. The Labute approximate surface area is 150 Å². The topological polar surface area (TPSA) is 35.6 Å². The number of hydrogen-bond acceptors (Lipinski definition) is 3. The van der Waals surface area contributed by atoms with Crippen molar-refractivity contribution in [1.29, 1.82) is 0 Å². The number of carbonyl (C=O) groups is 1. The van der Waals surface area contributed by atoms with Gasteiger partial charge in [-0.1, -0.05) is 35.9 Å². The maximum Gasteiger partial charge on any atom is 0.243 e. The summed E-state index contributed by atoms with van der Waals surface area (Å²) in [5, 5.41) is 3.86. The highest BCUT2D eigenvalue weighted by atomic mass is 35.5. The fraction of sp³-hybridized carbons (Fsp3) is 0.526. The maximum absolute atomic E-state index is 11.8. The molecule has 1 fully saturated rings. The third-order valence-corrected chi connectivity index (χ3v) is 4.73. The van der Waals surface area contributed by atoms with Gasteiger partial charge in [-0.3, -0.25) is 9.69 Å². The van der Waals surface area contributed by atoms with Crippen LogP contribution >= 0.6 is 11.6 Å². The molecule has 0 spiro atoms. The molecule has 4 nitrogen and oxygen atoms in total. The average molecular weight is 350 g/mol. The quantitative estimate of drug-likeness (QED) is 0.769. The van der Waals surface area contributed by atoms with Gasteiger partial charge in [0.25, 0.3) is 0 Å². The minimum Gasteiger partial charge on any atom is -0.352 e. The molecule has 0 radical (unpaired) electrons. The van der Waals surface area contributed by atoms with Crippen molar-refractivity contribution < 1.29 is 4.79 Å². The second kappa shape index (κ2) is 9.82. The van der Waals surface area contributed by atoms with Crippen LogP contribution in [0.4, 0.5) is 0 Å². The Kier molecular flexibility index (Phi) is 7.76. The Morgan fingerprint density at radius 2 is 2.04 bits per heavy atom. The molecule has 1 aliphatic heterocycles. The Morgan fingerprint density at radius 3 is 2.71 bits per heavy atom. The molecule has 1 heterocycles. The number of hydrogen-bond donors (Lipinski definition) is 1. The van der Waals surface area contributed by atoms with E-state index in [2.05, 4.69) is 16.3 Å². The zero-order valence-corrected chi connectivity index (χ0v) is 15.4. The van der Waals surface area contributed by atoms with Gasteiger partial charge >= 0.3 is 0 Å². The molecule has 0 bridgehead atoms. The van der Waals surface area contributed by atoms with Gasteiger partial charge in [0.2, 0.25) is 5.91 Å². The van der Waals surface area contributed by atoms with E-state index in [0.29, 0.717) is 5.92 Å². The zero-order valence-electron chi connectivity index (χ0n) is 14.7. The third kappa shape index (κ3) is 6.63. The highest BCUT2D eigenvalue weighted by Crippen LogP contribution is 2.21. The molecule has 0 atom stereocenters. The molecule has 132 valence electrons. The average Bonchev–Trinajstić information content (AvgIpc) is 2.56. The molecule has 0 aromatic heterocycles. The van der Waals surface area contributed by atoms with Crippen LogP contribution in [-0.2, 0) is 11.3 Å².